The fraction of sp³-hybridized carbons (Fsp3) is 0.500. The molecule has 2 aliphatic rings. The van der Waals surface area contributed by atoms with E-state index in [-0.39, 0.29) is 11.9 Å². The molecule has 1 saturated heterocycles. The summed E-state index contributed by atoms with van der Waals surface area (Å²) in [6, 6.07) is 7.21. The summed E-state index contributed by atoms with van der Waals surface area (Å²) in [7, 11) is 0. The molecule has 1 N–H and O–H groups in total. The van der Waals surface area contributed by atoms with E-state index >= 15 is 0 Å². The number of aliphatic hydroxyl groups is 1. The van der Waals surface area contributed by atoms with Gasteiger partial charge in [-0.25, -0.2) is 14.4 Å². The van der Waals surface area contributed by atoms with E-state index in [2.05, 4.69) is 9.97 Å². The summed E-state index contributed by atoms with van der Waals surface area (Å²) < 4.78 is 20.6. The lowest BCUT2D eigenvalue weighted by molar-refractivity contribution is -0.0231. The van der Waals surface area contributed by atoms with Crippen LogP contribution in [0.25, 0.3) is 0 Å². The van der Waals surface area contributed by atoms with Gasteiger partial charge in [-0.05, 0) is 49.3 Å². The molecule has 0 amide bonds. The van der Waals surface area contributed by atoms with E-state index in [1.807, 2.05) is 24.0 Å². The Morgan fingerprint density at radius 2 is 2.04 bits per heavy atom. The molecule has 0 radical (unpaired) electrons. The van der Waals surface area contributed by atoms with Crippen molar-refractivity contribution < 1.29 is 14.2 Å². The second kappa shape index (κ2) is 7.60. The Labute approximate surface area is 163 Å². The van der Waals surface area contributed by atoms with Crippen molar-refractivity contribution >= 4 is 17.4 Å². The number of benzene rings is 1. The van der Waals surface area contributed by atoms with Crippen molar-refractivity contribution in [3.05, 3.63) is 47.1 Å². The zero-order chi connectivity index (χ0) is 19.0. The van der Waals surface area contributed by atoms with E-state index in [9.17, 15) is 9.50 Å². The SMILES string of the molecule is CCc1ncnc(N2C[C@H]3C[C@@H](Oc4cccc(Cl)c4)[C@H](O)C[C@H]3C2)c1F. The van der Waals surface area contributed by atoms with Gasteiger partial charge in [-0.3, -0.25) is 0 Å². The van der Waals surface area contributed by atoms with E-state index in [0.29, 0.717) is 60.1 Å². The van der Waals surface area contributed by atoms with Crippen molar-refractivity contribution in [2.24, 2.45) is 11.8 Å². The van der Waals surface area contributed by atoms with Crippen molar-refractivity contribution in [2.75, 3.05) is 18.0 Å². The largest absolute Gasteiger partial charge is 0.488 e. The molecular formula is C20H23ClFN3O2. The third-order valence-corrected chi connectivity index (χ3v) is 5.88. The number of ether oxygens (including phenoxy) is 1. The molecule has 0 spiro atoms. The smallest absolute Gasteiger partial charge is 0.187 e. The number of fused-ring (bicyclic) bond motifs is 1. The number of anilines is 1. The summed E-state index contributed by atoms with van der Waals surface area (Å²) in [5.41, 5.74) is 0.442. The van der Waals surface area contributed by atoms with Gasteiger partial charge >= 0.3 is 0 Å². The zero-order valence-corrected chi connectivity index (χ0v) is 15.9. The molecule has 144 valence electrons. The van der Waals surface area contributed by atoms with Gasteiger partial charge in [-0.15, -0.1) is 0 Å². The van der Waals surface area contributed by atoms with Crippen LogP contribution < -0.4 is 9.64 Å². The Bertz CT molecular complexity index is 822. The average molecular weight is 392 g/mol. The summed E-state index contributed by atoms with van der Waals surface area (Å²) >= 11 is 6.02. The van der Waals surface area contributed by atoms with Crippen LogP contribution in [0, 0.1) is 17.7 Å². The molecule has 1 aliphatic carbocycles. The molecule has 2 aromatic rings. The lowest BCUT2D eigenvalue weighted by Crippen LogP contribution is -2.42. The lowest BCUT2D eigenvalue weighted by Gasteiger charge is -2.35. The highest BCUT2D eigenvalue weighted by Crippen LogP contribution is 2.40. The summed E-state index contributed by atoms with van der Waals surface area (Å²) in [6.07, 6.45) is 2.50. The molecule has 4 rings (SSSR count). The Kier molecular flexibility index (Phi) is 5.19. The number of nitrogens with zero attached hydrogens (tertiary/aromatic N) is 3. The van der Waals surface area contributed by atoms with Crippen molar-refractivity contribution in [2.45, 2.75) is 38.4 Å². The predicted molar refractivity (Wildman–Crippen MR) is 102 cm³/mol. The molecule has 1 aliphatic heterocycles. The third kappa shape index (κ3) is 3.73. The molecular weight excluding hydrogens is 369 g/mol. The van der Waals surface area contributed by atoms with Crippen molar-refractivity contribution in [3.8, 4) is 5.75 Å². The molecule has 27 heavy (non-hydrogen) atoms. The topological polar surface area (TPSA) is 58.5 Å². The number of aryl methyl sites for hydroxylation is 1. The van der Waals surface area contributed by atoms with E-state index in [1.165, 1.54) is 6.33 Å². The minimum atomic E-state index is -0.549. The first-order valence-electron chi connectivity index (χ1n) is 9.39. The van der Waals surface area contributed by atoms with Crippen molar-refractivity contribution in [3.63, 3.8) is 0 Å². The summed E-state index contributed by atoms with van der Waals surface area (Å²) in [4.78, 5) is 10.2. The van der Waals surface area contributed by atoms with Gasteiger partial charge in [0.25, 0.3) is 0 Å². The number of halogens is 2. The molecule has 0 bridgehead atoms. The monoisotopic (exact) mass is 391 g/mol. The number of aliphatic hydroxyl groups excluding tert-OH is 1. The highest BCUT2D eigenvalue weighted by Gasteiger charge is 2.43. The van der Waals surface area contributed by atoms with Gasteiger partial charge in [0.1, 0.15) is 18.2 Å². The second-order valence-electron chi connectivity index (χ2n) is 7.39. The Hall–Kier alpha value is -1.92. The Morgan fingerprint density at radius 1 is 1.26 bits per heavy atom. The van der Waals surface area contributed by atoms with E-state index in [4.69, 9.17) is 16.3 Å². The van der Waals surface area contributed by atoms with Crippen molar-refractivity contribution in [1.29, 1.82) is 0 Å². The van der Waals surface area contributed by atoms with Crippen LogP contribution in [-0.2, 0) is 6.42 Å². The maximum absolute atomic E-state index is 14.6. The predicted octanol–water partition coefficient (Wildman–Crippen LogP) is 3.49. The summed E-state index contributed by atoms with van der Waals surface area (Å²) in [6.45, 7) is 3.29. The van der Waals surface area contributed by atoms with Gasteiger partial charge in [0.05, 0.1) is 11.8 Å². The molecule has 0 unspecified atom stereocenters. The molecule has 1 saturated carbocycles. The first-order valence-corrected chi connectivity index (χ1v) is 9.77. The lowest BCUT2D eigenvalue weighted by atomic mass is 9.78. The normalized spacial score (nSPS) is 27.5. The molecule has 4 atom stereocenters. The highest BCUT2D eigenvalue weighted by atomic mass is 35.5. The maximum atomic E-state index is 14.6. The van der Waals surface area contributed by atoms with E-state index < -0.39 is 6.10 Å². The molecule has 5 nitrogen and oxygen atoms in total. The molecule has 7 heteroatoms. The number of rotatable bonds is 4. The van der Waals surface area contributed by atoms with Gasteiger partial charge in [-0.2, -0.15) is 0 Å². The first-order chi connectivity index (χ1) is 13.0. The van der Waals surface area contributed by atoms with Crippen LogP contribution in [-0.4, -0.2) is 40.4 Å². The first kappa shape index (κ1) is 18.4. The Balaban J connectivity index is 1.47. The van der Waals surface area contributed by atoms with Gasteiger partial charge in [0.2, 0.25) is 0 Å². The Morgan fingerprint density at radius 3 is 2.78 bits per heavy atom. The summed E-state index contributed by atoms with van der Waals surface area (Å²) in [5, 5.41) is 11.2. The third-order valence-electron chi connectivity index (χ3n) is 5.65. The van der Waals surface area contributed by atoms with Crippen molar-refractivity contribution in [1.82, 2.24) is 9.97 Å². The average Bonchev–Trinajstić information content (AvgIpc) is 3.04. The van der Waals surface area contributed by atoms with Crippen LogP contribution in [0.5, 0.6) is 5.75 Å². The van der Waals surface area contributed by atoms with Gasteiger partial charge in [-0.1, -0.05) is 24.6 Å². The molecule has 2 fully saturated rings. The van der Waals surface area contributed by atoms with Crippen LogP contribution in [0.15, 0.2) is 30.6 Å². The summed E-state index contributed by atoms with van der Waals surface area (Å²) in [5.74, 6) is 1.34. The van der Waals surface area contributed by atoms with E-state index in [0.717, 1.165) is 6.42 Å². The van der Waals surface area contributed by atoms with Gasteiger partial charge in [0.15, 0.2) is 11.6 Å². The van der Waals surface area contributed by atoms with Crippen LogP contribution >= 0.6 is 11.6 Å². The van der Waals surface area contributed by atoms with Gasteiger partial charge < -0.3 is 14.7 Å². The van der Waals surface area contributed by atoms with Crippen LogP contribution in [0.1, 0.15) is 25.5 Å². The van der Waals surface area contributed by atoms with Crippen LogP contribution in [0.4, 0.5) is 10.2 Å². The van der Waals surface area contributed by atoms with Crippen LogP contribution in [0.2, 0.25) is 5.02 Å². The highest BCUT2D eigenvalue weighted by molar-refractivity contribution is 6.30. The zero-order valence-electron chi connectivity index (χ0n) is 15.2. The quantitative estimate of drug-likeness (QED) is 0.864. The fourth-order valence-corrected chi connectivity index (χ4v) is 4.45. The minimum Gasteiger partial charge on any atom is -0.488 e. The number of hydrogen-bond acceptors (Lipinski definition) is 5. The molecule has 1 aromatic carbocycles. The minimum absolute atomic E-state index is 0.286. The van der Waals surface area contributed by atoms with E-state index in [1.54, 1.807) is 12.1 Å². The molecule has 2 heterocycles. The van der Waals surface area contributed by atoms with Gasteiger partial charge in [0, 0.05) is 18.1 Å². The maximum Gasteiger partial charge on any atom is 0.187 e. The molecule has 1 aromatic heterocycles. The fourth-order valence-electron chi connectivity index (χ4n) is 4.27. The van der Waals surface area contributed by atoms with Crippen LogP contribution in [0.3, 0.4) is 0 Å². The number of aromatic nitrogens is 2. The second-order valence-corrected chi connectivity index (χ2v) is 7.83. The standard InChI is InChI=1S/C20H23ClFN3O2/c1-2-16-19(22)20(24-11-23-16)25-9-12-6-17(26)18(7-13(12)10-25)27-15-5-3-4-14(21)8-15/h3-5,8,11-13,17-18,26H,2,6-7,9-10H2,1H3/t12-,13+,17+,18+/m0/s1. The number of hydrogen-bond donors (Lipinski definition) is 1.